The summed E-state index contributed by atoms with van der Waals surface area (Å²) < 4.78 is 5.39. The van der Waals surface area contributed by atoms with Gasteiger partial charge in [0.05, 0.1) is 17.8 Å². The van der Waals surface area contributed by atoms with E-state index in [4.69, 9.17) is 4.74 Å². The summed E-state index contributed by atoms with van der Waals surface area (Å²) in [5.41, 5.74) is -0.387. The second kappa shape index (κ2) is 6.40. The molecule has 1 aromatic carbocycles. The number of para-hydroxylation sites is 1. The lowest BCUT2D eigenvalue weighted by Crippen LogP contribution is -2.40. The molecule has 1 rings (SSSR count). The van der Waals surface area contributed by atoms with E-state index in [9.17, 15) is 9.90 Å². The van der Waals surface area contributed by atoms with Crippen LogP contribution in [0.15, 0.2) is 24.3 Å². The Morgan fingerprint density at radius 1 is 1.39 bits per heavy atom. The number of carbonyl (C=O) groups excluding carboxylic acids is 1. The van der Waals surface area contributed by atoms with Gasteiger partial charge in [-0.05, 0) is 32.4 Å². The quantitative estimate of drug-likeness (QED) is 0.812. The molecule has 18 heavy (non-hydrogen) atoms. The van der Waals surface area contributed by atoms with Crippen molar-refractivity contribution in [1.82, 2.24) is 5.32 Å². The van der Waals surface area contributed by atoms with Crippen molar-refractivity contribution in [1.29, 1.82) is 0 Å². The average Bonchev–Trinajstić information content (AvgIpc) is 2.37. The maximum atomic E-state index is 12.0. The van der Waals surface area contributed by atoms with Gasteiger partial charge in [-0.1, -0.05) is 19.1 Å². The van der Waals surface area contributed by atoms with E-state index in [1.807, 2.05) is 19.9 Å². The van der Waals surface area contributed by atoms with Crippen LogP contribution in [0.3, 0.4) is 0 Å². The lowest BCUT2D eigenvalue weighted by molar-refractivity contribution is 0.0517. The molecule has 4 nitrogen and oxygen atoms in total. The van der Waals surface area contributed by atoms with E-state index in [2.05, 4.69) is 5.32 Å². The van der Waals surface area contributed by atoms with Crippen LogP contribution in [0.1, 0.15) is 37.6 Å². The van der Waals surface area contributed by atoms with Gasteiger partial charge in [0.2, 0.25) is 0 Å². The van der Waals surface area contributed by atoms with Gasteiger partial charge in [-0.15, -0.1) is 0 Å². The van der Waals surface area contributed by atoms with Crippen LogP contribution < -0.4 is 10.1 Å². The Hall–Kier alpha value is -1.55. The Balaban J connectivity index is 2.72. The van der Waals surface area contributed by atoms with Crippen LogP contribution in [0.4, 0.5) is 0 Å². The van der Waals surface area contributed by atoms with Crippen LogP contribution in [0.5, 0.6) is 5.75 Å². The molecule has 0 saturated heterocycles. The monoisotopic (exact) mass is 251 g/mol. The molecule has 2 N–H and O–H groups in total. The van der Waals surface area contributed by atoms with Crippen LogP contribution in [0.25, 0.3) is 0 Å². The summed E-state index contributed by atoms with van der Waals surface area (Å²) in [5, 5.41) is 12.6. The van der Waals surface area contributed by atoms with Crippen LogP contribution in [0.2, 0.25) is 0 Å². The maximum Gasteiger partial charge on any atom is 0.255 e. The molecule has 4 heteroatoms. The Kier molecular flexibility index (Phi) is 5.16. The van der Waals surface area contributed by atoms with Crippen molar-refractivity contribution in [2.45, 2.75) is 32.8 Å². The summed E-state index contributed by atoms with van der Waals surface area (Å²) in [7, 11) is 0. The predicted octanol–water partition coefficient (Wildman–Crippen LogP) is 1.98. The van der Waals surface area contributed by atoms with Gasteiger partial charge in [0.15, 0.2) is 0 Å². The van der Waals surface area contributed by atoms with Crippen molar-refractivity contribution in [3.05, 3.63) is 29.8 Å². The Bertz CT molecular complexity index is 402. The highest BCUT2D eigenvalue weighted by Gasteiger charge is 2.20. The highest BCUT2D eigenvalue weighted by Crippen LogP contribution is 2.18. The molecule has 1 unspecified atom stereocenters. The summed E-state index contributed by atoms with van der Waals surface area (Å²) in [6.45, 7) is 6.18. The molecule has 0 aliphatic carbocycles. The molecule has 1 atom stereocenters. The van der Waals surface area contributed by atoms with E-state index in [-0.39, 0.29) is 12.5 Å². The smallest absolute Gasteiger partial charge is 0.255 e. The first kappa shape index (κ1) is 14.5. The van der Waals surface area contributed by atoms with E-state index in [0.717, 1.165) is 0 Å². The van der Waals surface area contributed by atoms with Crippen molar-refractivity contribution in [3.63, 3.8) is 0 Å². The van der Waals surface area contributed by atoms with Crippen LogP contribution in [-0.4, -0.2) is 29.8 Å². The number of ether oxygens (including phenoxy) is 1. The molecule has 0 aliphatic rings. The molecule has 0 heterocycles. The number of aliphatic hydroxyl groups is 1. The molecule has 0 fully saturated rings. The summed E-state index contributed by atoms with van der Waals surface area (Å²) in [6.07, 6.45) is 0.584. The van der Waals surface area contributed by atoms with Gasteiger partial charge in [0.1, 0.15) is 5.75 Å². The molecule has 1 aromatic rings. The molecule has 1 amide bonds. The van der Waals surface area contributed by atoms with E-state index in [0.29, 0.717) is 24.3 Å². The zero-order chi connectivity index (χ0) is 13.6. The maximum absolute atomic E-state index is 12.0. The fourth-order valence-corrected chi connectivity index (χ4v) is 1.43. The third-order valence-corrected chi connectivity index (χ3v) is 2.82. The van der Waals surface area contributed by atoms with Crippen LogP contribution >= 0.6 is 0 Å². The number of hydrogen-bond donors (Lipinski definition) is 2. The predicted molar refractivity (Wildman–Crippen MR) is 70.9 cm³/mol. The number of amides is 1. The highest BCUT2D eigenvalue weighted by molar-refractivity contribution is 5.96. The standard InChI is InChI=1S/C14H21NO3/c1-4-14(3,17)10-15-13(16)11-8-6-7-9-12(11)18-5-2/h6-9,17H,4-5,10H2,1-3H3,(H,15,16). The summed E-state index contributed by atoms with van der Waals surface area (Å²) in [4.78, 5) is 12.0. The first-order valence-electron chi connectivity index (χ1n) is 6.22. The number of rotatable bonds is 6. The molecule has 100 valence electrons. The van der Waals surface area contributed by atoms with Gasteiger partial charge < -0.3 is 15.2 Å². The normalized spacial score (nSPS) is 13.8. The zero-order valence-corrected chi connectivity index (χ0v) is 11.2. The lowest BCUT2D eigenvalue weighted by Gasteiger charge is -2.21. The largest absolute Gasteiger partial charge is 0.493 e. The zero-order valence-electron chi connectivity index (χ0n) is 11.2. The molecule has 0 saturated carbocycles. The van der Waals surface area contributed by atoms with Gasteiger partial charge in [0, 0.05) is 6.54 Å². The SMILES string of the molecule is CCOc1ccccc1C(=O)NCC(C)(O)CC. The summed E-state index contributed by atoms with van der Waals surface area (Å²) in [5.74, 6) is 0.335. The minimum Gasteiger partial charge on any atom is -0.493 e. The average molecular weight is 251 g/mol. The third-order valence-electron chi connectivity index (χ3n) is 2.82. The topological polar surface area (TPSA) is 58.6 Å². The Labute approximate surface area is 108 Å². The number of hydrogen-bond acceptors (Lipinski definition) is 3. The van der Waals surface area contributed by atoms with Gasteiger partial charge in [0.25, 0.3) is 5.91 Å². The summed E-state index contributed by atoms with van der Waals surface area (Å²) in [6, 6.07) is 7.08. The minimum absolute atomic E-state index is 0.225. The van der Waals surface area contributed by atoms with Crippen molar-refractivity contribution < 1.29 is 14.6 Å². The fraction of sp³-hybridized carbons (Fsp3) is 0.500. The molecule has 0 radical (unpaired) electrons. The number of carbonyl (C=O) groups is 1. The van der Waals surface area contributed by atoms with Crippen molar-refractivity contribution in [3.8, 4) is 5.75 Å². The van der Waals surface area contributed by atoms with Crippen molar-refractivity contribution in [2.75, 3.05) is 13.2 Å². The van der Waals surface area contributed by atoms with Crippen LogP contribution in [0, 0.1) is 0 Å². The first-order chi connectivity index (χ1) is 8.50. The highest BCUT2D eigenvalue weighted by atomic mass is 16.5. The summed E-state index contributed by atoms with van der Waals surface area (Å²) >= 11 is 0. The minimum atomic E-state index is -0.879. The Morgan fingerprint density at radius 2 is 2.06 bits per heavy atom. The van der Waals surface area contributed by atoms with Gasteiger partial charge in [-0.25, -0.2) is 0 Å². The third kappa shape index (κ3) is 4.04. The molecule has 0 aliphatic heterocycles. The van der Waals surface area contributed by atoms with Crippen LogP contribution in [-0.2, 0) is 0 Å². The number of benzene rings is 1. The van der Waals surface area contributed by atoms with Crippen molar-refractivity contribution in [2.24, 2.45) is 0 Å². The molecular formula is C14H21NO3. The lowest BCUT2D eigenvalue weighted by atomic mass is 10.0. The van der Waals surface area contributed by atoms with E-state index in [1.54, 1.807) is 25.1 Å². The molecule has 0 spiro atoms. The van der Waals surface area contributed by atoms with E-state index < -0.39 is 5.60 Å². The number of nitrogens with one attached hydrogen (secondary N) is 1. The first-order valence-corrected chi connectivity index (χ1v) is 6.22. The second-order valence-corrected chi connectivity index (χ2v) is 4.46. The van der Waals surface area contributed by atoms with E-state index >= 15 is 0 Å². The van der Waals surface area contributed by atoms with Gasteiger partial charge >= 0.3 is 0 Å². The second-order valence-electron chi connectivity index (χ2n) is 4.46. The van der Waals surface area contributed by atoms with E-state index in [1.165, 1.54) is 0 Å². The fourth-order valence-electron chi connectivity index (χ4n) is 1.43. The van der Waals surface area contributed by atoms with Gasteiger partial charge in [-0.3, -0.25) is 4.79 Å². The molecule has 0 bridgehead atoms. The Morgan fingerprint density at radius 3 is 2.67 bits per heavy atom. The molecular weight excluding hydrogens is 230 g/mol. The molecule has 0 aromatic heterocycles. The van der Waals surface area contributed by atoms with Crippen molar-refractivity contribution >= 4 is 5.91 Å². The van der Waals surface area contributed by atoms with Gasteiger partial charge in [-0.2, -0.15) is 0 Å².